The fourth-order valence-corrected chi connectivity index (χ4v) is 5.49. The van der Waals surface area contributed by atoms with Crippen LogP contribution in [0.2, 0.25) is 0 Å². The van der Waals surface area contributed by atoms with E-state index >= 15 is 0 Å². The molecule has 0 bridgehead atoms. The van der Waals surface area contributed by atoms with Crippen LogP contribution in [0.1, 0.15) is 52.7 Å². The van der Waals surface area contributed by atoms with Gasteiger partial charge in [0.1, 0.15) is 0 Å². The quantitative estimate of drug-likeness (QED) is 0.676. The summed E-state index contributed by atoms with van der Waals surface area (Å²) in [5.41, 5.74) is 5.17. The SMILES string of the molecule is Cc1cc(=O)[nH]c2cc(C(=O)N3CCCC4(CCCc5ccccc54)C3)ccc12. The summed E-state index contributed by atoms with van der Waals surface area (Å²) in [5, 5.41) is 0.984. The summed E-state index contributed by atoms with van der Waals surface area (Å²) in [6.45, 7) is 3.50. The lowest BCUT2D eigenvalue weighted by molar-refractivity contribution is 0.0617. The molecule has 0 saturated carbocycles. The Balaban J connectivity index is 1.48. The number of hydrogen-bond acceptors (Lipinski definition) is 2. The molecule has 1 aliphatic heterocycles. The normalized spacial score (nSPS) is 21.3. The molecule has 4 nitrogen and oxygen atoms in total. The third-order valence-electron chi connectivity index (χ3n) is 6.85. The third-order valence-corrected chi connectivity index (χ3v) is 6.85. The lowest BCUT2D eigenvalue weighted by atomic mass is 9.66. The van der Waals surface area contributed by atoms with Crippen LogP contribution in [0.5, 0.6) is 0 Å². The lowest BCUT2D eigenvalue weighted by Gasteiger charge is -2.46. The van der Waals surface area contributed by atoms with Crippen molar-refractivity contribution < 1.29 is 4.79 Å². The molecule has 29 heavy (non-hydrogen) atoms. The average Bonchev–Trinajstić information content (AvgIpc) is 2.73. The third kappa shape index (κ3) is 3.07. The molecule has 1 aliphatic carbocycles. The first-order valence-corrected chi connectivity index (χ1v) is 10.6. The van der Waals surface area contributed by atoms with Crippen molar-refractivity contribution in [2.24, 2.45) is 0 Å². The maximum absolute atomic E-state index is 13.4. The van der Waals surface area contributed by atoms with Crippen LogP contribution >= 0.6 is 0 Å². The molecule has 2 aliphatic rings. The van der Waals surface area contributed by atoms with E-state index in [1.807, 2.05) is 30.0 Å². The fraction of sp³-hybridized carbons (Fsp3) is 0.360. The van der Waals surface area contributed by atoms with Crippen molar-refractivity contribution in [1.29, 1.82) is 0 Å². The van der Waals surface area contributed by atoms with Gasteiger partial charge in [-0.15, -0.1) is 0 Å². The first-order valence-electron chi connectivity index (χ1n) is 10.6. The number of aromatic nitrogens is 1. The zero-order chi connectivity index (χ0) is 20.0. The van der Waals surface area contributed by atoms with Gasteiger partial charge in [0.25, 0.3) is 5.91 Å². The second kappa shape index (κ2) is 6.87. The molecule has 1 saturated heterocycles. The fourth-order valence-electron chi connectivity index (χ4n) is 5.49. The van der Waals surface area contributed by atoms with E-state index in [1.165, 1.54) is 17.5 Å². The van der Waals surface area contributed by atoms with E-state index in [9.17, 15) is 9.59 Å². The van der Waals surface area contributed by atoms with Crippen LogP contribution < -0.4 is 5.56 Å². The van der Waals surface area contributed by atoms with Crippen LogP contribution in [0.3, 0.4) is 0 Å². The summed E-state index contributed by atoms with van der Waals surface area (Å²) in [6, 6.07) is 16.1. The Morgan fingerprint density at radius 2 is 1.90 bits per heavy atom. The van der Waals surface area contributed by atoms with E-state index in [-0.39, 0.29) is 16.9 Å². The Bertz CT molecular complexity index is 1160. The minimum absolute atomic E-state index is 0.0661. The van der Waals surface area contributed by atoms with Gasteiger partial charge in [-0.25, -0.2) is 0 Å². The summed E-state index contributed by atoms with van der Waals surface area (Å²) < 4.78 is 0. The van der Waals surface area contributed by atoms with E-state index in [0.717, 1.165) is 55.2 Å². The minimum atomic E-state index is -0.129. The van der Waals surface area contributed by atoms with Crippen molar-refractivity contribution in [2.45, 2.75) is 44.4 Å². The molecule has 1 aromatic heterocycles. The first kappa shape index (κ1) is 18.2. The number of hydrogen-bond donors (Lipinski definition) is 1. The second-order valence-electron chi connectivity index (χ2n) is 8.70. The molecule has 1 fully saturated rings. The molecular weight excluding hydrogens is 360 g/mol. The zero-order valence-electron chi connectivity index (χ0n) is 16.8. The number of benzene rings is 2. The summed E-state index contributed by atoms with van der Waals surface area (Å²) in [7, 11) is 0. The topological polar surface area (TPSA) is 53.2 Å². The number of nitrogens with one attached hydrogen (secondary N) is 1. The number of likely N-dealkylation sites (tertiary alicyclic amines) is 1. The highest BCUT2D eigenvalue weighted by atomic mass is 16.2. The van der Waals surface area contributed by atoms with Gasteiger partial charge in [0.2, 0.25) is 5.56 Å². The number of piperidine rings is 1. The van der Waals surface area contributed by atoms with Gasteiger partial charge in [-0.3, -0.25) is 9.59 Å². The molecule has 1 spiro atoms. The lowest BCUT2D eigenvalue weighted by Crippen LogP contribution is -2.49. The van der Waals surface area contributed by atoms with Gasteiger partial charge in [0.05, 0.1) is 0 Å². The summed E-state index contributed by atoms with van der Waals surface area (Å²) >= 11 is 0. The Hall–Kier alpha value is -2.88. The molecule has 1 atom stereocenters. The van der Waals surface area contributed by atoms with Crippen molar-refractivity contribution in [2.75, 3.05) is 13.1 Å². The van der Waals surface area contributed by atoms with E-state index in [0.29, 0.717) is 5.56 Å². The molecular formula is C25H26N2O2. The Kier molecular flexibility index (Phi) is 4.30. The van der Waals surface area contributed by atoms with Crippen molar-refractivity contribution in [3.8, 4) is 0 Å². The molecule has 148 valence electrons. The predicted octanol–water partition coefficient (Wildman–Crippen LogP) is 4.35. The summed E-state index contributed by atoms with van der Waals surface area (Å²) in [5.74, 6) is 0.0661. The minimum Gasteiger partial charge on any atom is -0.338 e. The highest BCUT2D eigenvalue weighted by Crippen LogP contribution is 2.43. The molecule has 2 heterocycles. The van der Waals surface area contributed by atoms with Crippen LogP contribution in [-0.2, 0) is 11.8 Å². The molecule has 5 rings (SSSR count). The molecule has 1 unspecified atom stereocenters. The van der Waals surface area contributed by atoms with Gasteiger partial charge >= 0.3 is 0 Å². The van der Waals surface area contributed by atoms with E-state index in [2.05, 4.69) is 29.2 Å². The van der Waals surface area contributed by atoms with E-state index in [4.69, 9.17) is 0 Å². The number of aromatic amines is 1. The molecule has 4 heteroatoms. The number of fused-ring (bicyclic) bond motifs is 3. The number of rotatable bonds is 1. The van der Waals surface area contributed by atoms with Crippen LogP contribution in [0.25, 0.3) is 10.9 Å². The van der Waals surface area contributed by atoms with E-state index in [1.54, 1.807) is 6.07 Å². The van der Waals surface area contributed by atoms with Gasteiger partial charge in [0.15, 0.2) is 0 Å². The molecule has 0 radical (unpaired) electrons. The number of aryl methyl sites for hydroxylation is 2. The molecule has 2 aromatic carbocycles. The largest absolute Gasteiger partial charge is 0.338 e. The van der Waals surface area contributed by atoms with Gasteiger partial charge in [-0.05, 0) is 67.9 Å². The Morgan fingerprint density at radius 3 is 2.79 bits per heavy atom. The summed E-state index contributed by atoms with van der Waals surface area (Å²) in [4.78, 5) is 30.1. The average molecular weight is 386 g/mol. The molecule has 1 N–H and O–H groups in total. The monoisotopic (exact) mass is 386 g/mol. The number of carbonyl (C=O) groups is 1. The van der Waals surface area contributed by atoms with Crippen LogP contribution in [0, 0.1) is 6.92 Å². The van der Waals surface area contributed by atoms with Gasteiger partial charge in [-0.1, -0.05) is 30.3 Å². The van der Waals surface area contributed by atoms with Crippen LogP contribution in [0.15, 0.2) is 53.3 Å². The standard InChI is InChI=1S/C25H26N2O2/c1-17-14-23(28)26-22-15-19(9-10-20(17)22)24(29)27-13-5-12-25(16-27)11-4-7-18-6-2-3-8-21(18)25/h2-3,6,8-10,14-15H,4-5,7,11-13,16H2,1H3,(H,26,28). The van der Waals surface area contributed by atoms with Gasteiger partial charge < -0.3 is 9.88 Å². The Morgan fingerprint density at radius 1 is 1.07 bits per heavy atom. The van der Waals surface area contributed by atoms with E-state index < -0.39 is 0 Å². The maximum Gasteiger partial charge on any atom is 0.253 e. The first-order chi connectivity index (χ1) is 14.1. The van der Waals surface area contributed by atoms with Crippen LogP contribution in [-0.4, -0.2) is 28.9 Å². The van der Waals surface area contributed by atoms with Gasteiger partial charge in [-0.2, -0.15) is 0 Å². The number of pyridine rings is 1. The number of carbonyl (C=O) groups excluding carboxylic acids is 1. The second-order valence-corrected chi connectivity index (χ2v) is 8.70. The Labute approximate surface area is 170 Å². The predicted molar refractivity (Wildman–Crippen MR) is 116 cm³/mol. The summed E-state index contributed by atoms with van der Waals surface area (Å²) in [6.07, 6.45) is 5.67. The zero-order valence-corrected chi connectivity index (χ0v) is 16.8. The highest BCUT2D eigenvalue weighted by molar-refractivity contribution is 5.98. The van der Waals surface area contributed by atoms with Crippen molar-refractivity contribution in [3.05, 3.63) is 81.1 Å². The van der Waals surface area contributed by atoms with Crippen molar-refractivity contribution in [1.82, 2.24) is 9.88 Å². The smallest absolute Gasteiger partial charge is 0.253 e. The highest BCUT2D eigenvalue weighted by Gasteiger charge is 2.41. The molecule has 1 amide bonds. The van der Waals surface area contributed by atoms with Crippen LogP contribution in [0.4, 0.5) is 0 Å². The number of H-pyrrole nitrogens is 1. The number of amides is 1. The maximum atomic E-state index is 13.4. The van der Waals surface area contributed by atoms with Crippen molar-refractivity contribution >= 4 is 16.8 Å². The van der Waals surface area contributed by atoms with Crippen molar-refractivity contribution in [3.63, 3.8) is 0 Å². The van der Waals surface area contributed by atoms with Gasteiger partial charge in [0, 0.05) is 41.0 Å². The number of nitrogens with zero attached hydrogens (tertiary/aromatic N) is 1. The molecule has 3 aromatic rings.